The van der Waals surface area contributed by atoms with Crippen LogP contribution in [0.4, 0.5) is 5.82 Å². The highest BCUT2D eigenvalue weighted by Crippen LogP contribution is 2.27. The summed E-state index contributed by atoms with van der Waals surface area (Å²) in [5.41, 5.74) is 1.05. The van der Waals surface area contributed by atoms with Crippen LogP contribution in [0.25, 0.3) is 5.52 Å². The van der Waals surface area contributed by atoms with Crippen LogP contribution >= 0.6 is 11.6 Å². The van der Waals surface area contributed by atoms with E-state index in [0.29, 0.717) is 23.3 Å². The monoisotopic (exact) mass is 343 g/mol. The quantitative estimate of drug-likeness (QED) is 0.728. The second-order valence-corrected chi connectivity index (χ2v) is 6.37. The van der Waals surface area contributed by atoms with E-state index in [0.717, 1.165) is 37.3 Å². The van der Waals surface area contributed by atoms with Crippen LogP contribution in [0, 0.1) is 5.92 Å². The lowest BCUT2D eigenvalue weighted by Gasteiger charge is -2.32. The average molecular weight is 344 g/mol. The van der Waals surface area contributed by atoms with Crippen LogP contribution in [-0.4, -0.2) is 39.3 Å². The van der Waals surface area contributed by atoms with Gasteiger partial charge in [-0.05, 0) is 24.8 Å². The Morgan fingerprint density at radius 3 is 2.88 bits per heavy atom. The number of fused-ring (bicyclic) bond motifs is 1. The molecule has 0 N–H and O–H groups in total. The predicted octanol–water partition coefficient (Wildman–Crippen LogP) is 3.07. The van der Waals surface area contributed by atoms with Crippen LogP contribution in [0.5, 0.6) is 5.75 Å². The molecule has 1 aliphatic rings. The SMILES string of the molecule is Clc1cnccc1OCC1CCN(c2nccn3nccc23)CC1. The number of hydrogen-bond donors (Lipinski definition) is 0. The van der Waals surface area contributed by atoms with Crippen LogP contribution in [-0.2, 0) is 0 Å². The Bertz CT molecular complexity index is 828. The van der Waals surface area contributed by atoms with Crippen molar-refractivity contribution >= 4 is 22.9 Å². The summed E-state index contributed by atoms with van der Waals surface area (Å²) in [7, 11) is 0. The number of halogens is 1. The summed E-state index contributed by atoms with van der Waals surface area (Å²) in [6, 6.07) is 3.81. The molecule has 0 amide bonds. The lowest BCUT2D eigenvalue weighted by molar-refractivity contribution is 0.222. The molecule has 6 nitrogen and oxygen atoms in total. The first-order chi connectivity index (χ1) is 11.8. The van der Waals surface area contributed by atoms with E-state index >= 15 is 0 Å². The number of piperidine rings is 1. The van der Waals surface area contributed by atoms with Gasteiger partial charge in [0, 0.05) is 43.9 Å². The molecule has 0 atom stereocenters. The van der Waals surface area contributed by atoms with E-state index in [4.69, 9.17) is 16.3 Å². The lowest BCUT2D eigenvalue weighted by atomic mass is 9.98. The van der Waals surface area contributed by atoms with Crippen molar-refractivity contribution in [2.45, 2.75) is 12.8 Å². The molecule has 0 radical (unpaired) electrons. The number of ether oxygens (including phenoxy) is 1. The van der Waals surface area contributed by atoms with Crippen molar-refractivity contribution < 1.29 is 4.74 Å². The molecule has 24 heavy (non-hydrogen) atoms. The van der Waals surface area contributed by atoms with Crippen LogP contribution in [0.3, 0.4) is 0 Å². The minimum Gasteiger partial charge on any atom is -0.492 e. The molecule has 7 heteroatoms. The lowest BCUT2D eigenvalue weighted by Crippen LogP contribution is -2.36. The normalized spacial score (nSPS) is 15.8. The zero-order valence-electron chi connectivity index (χ0n) is 13.2. The fourth-order valence-electron chi connectivity index (χ4n) is 3.09. The van der Waals surface area contributed by atoms with Crippen LogP contribution in [0.1, 0.15) is 12.8 Å². The fourth-order valence-corrected chi connectivity index (χ4v) is 3.26. The number of hydrogen-bond acceptors (Lipinski definition) is 5. The van der Waals surface area contributed by atoms with Crippen molar-refractivity contribution in [3.8, 4) is 5.75 Å². The van der Waals surface area contributed by atoms with Crippen molar-refractivity contribution in [1.29, 1.82) is 0 Å². The van der Waals surface area contributed by atoms with Gasteiger partial charge in [0.2, 0.25) is 0 Å². The first kappa shape index (κ1) is 15.2. The summed E-state index contributed by atoms with van der Waals surface area (Å²) in [6.07, 6.45) is 10.9. The second-order valence-electron chi connectivity index (χ2n) is 5.96. The third-order valence-corrected chi connectivity index (χ3v) is 4.71. The van der Waals surface area contributed by atoms with E-state index in [1.165, 1.54) is 0 Å². The van der Waals surface area contributed by atoms with Gasteiger partial charge in [0.05, 0.1) is 12.8 Å². The Hall–Kier alpha value is -2.34. The van der Waals surface area contributed by atoms with E-state index in [1.54, 1.807) is 24.8 Å². The van der Waals surface area contributed by atoms with Gasteiger partial charge >= 0.3 is 0 Å². The van der Waals surface area contributed by atoms with Crippen molar-refractivity contribution in [3.63, 3.8) is 0 Å². The zero-order valence-corrected chi connectivity index (χ0v) is 13.9. The number of nitrogens with zero attached hydrogens (tertiary/aromatic N) is 5. The van der Waals surface area contributed by atoms with Gasteiger partial charge in [-0.15, -0.1) is 0 Å². The summed E-state index contributed by atoms with van der Waals surface area (Å²) in [6.45, 7) is 2.62. The molecule has 0 saturated carbocycles. The van der Waals surface area contributed by atoms with Gasteiger partial charge in [-0.1, -0.05) is 11.6 Å². The number of aromatic nitrogens is 4. The molecule has 3 aromatic rings. The van der Waals surface area contributed by atoms with Crippen LogP contribution < -0.4 is 9.64 Å². The summed E-state index contributed by atoms with van der Waals surface area (Å²) in [4.78, 5) is 10.8. The minimum atomic E-state index is 0.523. The largest absolute Gasteiger partial charge is 0.492 e. The summed E-state index contributed by atoms with van der Waals surface area (Å²) >= 11 is 6.08. The molecule has 4 heterocycles. The van der Waals surface area contributed by atoms with Crippen LogP contribution in [0.15, 0.2) is 43.1 Å². The van der Waals surface area contributed by atoms with Crippen molar-refractivity contribution in [1.82, 2.24) is 19.6 Å². The zero-order chi connectivity index (χ0) is 16.4. The van der Waals surface area contributed by atoms with Crippen LogP contribution in [0.2, 0.25) is 5.02 Å². The van der Waals surface area contributed by atoms with Gasteiger partial charge in [0.25, 0.3) is 0 Å². The third kappa shape index (κ3) is 3.01. The summed E-state index contributed by atoms with van der Waals surface area (Å²) in [5.74, 6) is 2.24. The van der Waals surface area contributed by atoms with E-state index in [2.05, 4.69) is 20.0 Å². The highest BCUT2D eigenvalue weighted by molar-refractivity contribution is 6.31. The Morgan fingerprint density at radius 1 is 1.17 bits per heavy atom. The van der Waals surface area contributed by atoms with E-state index in [1.807, 2.05) is 22.8 Å². The minimum absolute atomic E-state index is 0.523. The van der Waals surface area contributed by atoms with Gasteiger partial charge in [-0.25, -0.2) is 9.50 Å². The topological polar surface area (TPSA) is 55.5 Å². The molecular formula is C17H18ClN5O. The molecule has 0 spiro atoms. The molecule has 0 unspecified atom stereocenters. The first-order valence-corrected chi connectivity index (χ1v) is 8.44. The Kier molecular flexibility index (Phi) is 4.21. The summed E-state index contributed by atoms with van der Waals surface area (Å²) < 4.78 is 7.72. The second kappa shape index (κ2) is 6.65. The molecule has 1 saturated heterocycles. The molecule has 3 aromatic heterocycles. The van der Waals surface area contributed by atoms with E-state index < -0.39 is 0 Å². The Labute approximate surface area is 145 Å². The van der Waals surface area contributed by atoms with Gasteiger partial charge in [-0.2, -0.15) is 5.10 Å². The maximum Gasteiger partial charge on any atom is 0.154 e. The predicted molar refractivity (Wildman–Crippen MR) is 92.7 cm³/mol. The number of pyridine rings is 1. The molecule has 1 aliphatic heterocycles. The molecule has 0 aliphatic carbocycles. The smallest absolute Gasteiger partial charge is 0.154 e. The third-order valence-electron chi connectivity index (χ3n) is 4.43. The van der Waals surface area contributed by atoms with E-state index in [-0.39, 0.29) is 0 Å². The van der Waals surface area contributed by atoms with Gasteiger partial charge < -0.3 is 9.64 Å². The molecule has 0 aromatic carbocycles. The van der Waals surface area contributed by atoms with Gasteiger partial charge in [-0.3, -0.25) is 4.98 Å². The molecule has 4 rings (SSSR count). The molecule has 0 bridgehead atoms. The van der Waals surface area contributed by atoms with Gasteiger partial charge in [0.1, 0.15) is 16.3 Å². The highest BCUT2D eigenvalue weighted by Gasteiger charge is 2.22. The summed E-state index contributed by atoms with van der Waals surface area (Å²) in [5, 5.41) is 4.83. The Morgan fingerprint density at radius 2 is 2.04 bits per heavy atom. The average Bonchev–Trinajstić information content (AvgIpc) is 3.10. The van der Waals surface area contributed by atoms with Gasteiger partial charge in [0.15, 0.2) is 5.82 Å². The molecule has 1 fully saturated rings. The maximum absolute atomic E-state index is 6.08. The van der Waals surface area contributed by atoms with Crippen molar-refractivity contribution in [3.05, 3.63) is 48.1 Å². The molecular weight excluding hydrogens is 326 g/mol. The number of rotatable bonds is 4. The van der Waals surface area contributed by atoms with Crippen molar-refractivity contribution in [2.75, 3.05) is 24.6 Å². The highest BCUT2D eigenvalue weighted by atomic mass is 35.5. The van der Waals surface area contributed by atoms with E-state index in [9.17, 15) is 0 Å². The van der Waals surface area contributed by atoms with Crippen molar-refractivity contribution in [2.24, 2.45) is 5.92 Å². The fraction of sp³-hybridized carbons (Fsp3) is 0.353. The maximum atomic E-state index is 6.08. The Balaban J connectivity index is 1.37. The number of anilines is 1. The first-order valence-electron chi connectivity index (χ1n) is 8.07. The standard InChI is InChI=1S/C17H18ClN5O/c18-14-11-19-5-2-16(14)24-12-13-3-8-22(9-4-13)17-15-1-6-21-23(15)10-7-20-17/h1-2,5-7,10-11,13H,3-4,8-9,12H2. The molecule has 124 valence electrons.